The molecule has 2 aromatic heterocycles. The van der Waals surface area contributed by atoms with Gasteiger partial charge in [-0.3, -0.25) is 14.7 Å². The molecule has 1 aliphatic rings. The first-order valence-corrected chi connectivity index (χ1v) is 7.74. The van der Waals surface area contributed by atoms with E-state index in [1.165, 1.54) is 0 Å². The van der Waals surface area contributed by atoms with Crippen LogP contribution in [0.3, 0.4) is 0 Å². The minimum Gasteiger partial charge on any atom is -0.379 e. The Morgan fingerprint density at radius 1 is 1.30 bits per heavy atom. The largest absolute Gasteiger partial charge is 0.379 e. The number of nitrogens with one attached hydrogen (secondary N) is 1. The molecule has 3 heterocycles. The van der Waals surface area contributed by atoms with Crippen molar-refractivity contribution in [2.75, 3.05) is 32.8 Å². The number of imidazole rings is 1. The second-order valence-corrected chi connectivity index (χ2v) is 5.49. The summed E-state index contributed by atoms with van der Waals surface area (Å²) in [5.74, 6) is 0.235. The third kappa shape index (κ3) is 3.75. The average molecular weight is 315 g/mol. The number of hydrogen-bond donors (Lipinski definition) is 1. The Morgan fingerprint density at radius 3 is 2.78 bits per heavy atom. The molecule has 1 saturated heterocycles. The van der Waals surface area contributed by atoms with E-state index in [1.807, 2.05) is 18.2 Å². The third-order valence-electron chi connectivity index (χ3n) is 4.00. The number of amides is 1. The fourth-order valence-electron chi connectivity index (χ4n) is 2.74. The number of carbonyl (C=O) groups excluding carboxylic acids is 1. The first-order chi connectivity index (χ1) is 11.3. The summed E-state index contributed by atoms with van der Waals surface area (Å²) >= 11 is 0. The van der Waals surface area contributed by atoms with Gasteiger partial charge in [0.25, 0.3) is 5.91 Å². The van der Waals surface area contributed by atoms with Gasteiger partial charge in [-0.05, 0) is 12.1 Å². The van der Waals surface area contributed by atoms with E-state index >= 15 is 0 Å². The molecule has 1 N–H and O–H groups in total. The Hall–Kier alpha value is -2.25. The summed E-state index contributed by atoms with van der Waals surface area (Å²) in [6.07, 6.45) is 5.16. The molecule has 1 aliphatic heterocycles. The van der Waals surface area contributed by atoms with Crippen LogP contribution in [0.4, 0.5) is 0 Å². The SMILES string of the molecule is Cn1ccnc1C(=O)NC[C@@H](c1ccccn1)N1CCOCC1. The molecule has 1 fully saturated rings. The monoisotopic (exact) mass is 315 g/mol. The normalized spacial score (nSPS) is 16.9. The summed E-state index contributed by atoms with van der Waals surface area (Å²) in [6, 6.07) is 5.89. The topological polar surface area (TPSA) is 72.3 Å². The van der Waals surface area contributed by atoms with Gasteiger partial charge >= 0.3 is 0 Å². The van der Waals surface area contributed by atoms with Gasteiger partial charge in [0.05, 0.1) is 24.9 Å². The van der Waals surface area contributed by atoms with Crippen LogP contribution in [0.5, 0.6) is 0 Å². The van der Waals surface area contributed by atoms with Crippen LogP contribution < -0.4 is 5.32 Å². The van der Waals surface area contributed by atoms with Crippen LogP contribution in [0.15, 0.2) is 36.8 Å². The predicted molar refractivity (Wildman–Crippen MR) is 84.9 cm³/mol. The lowest BCUT2D eigenvalue weighted by Gasteiger charge is -2.34. The number of morpholine rings is 1. The molecule has 0 radical (unpaired) electrons. The maximum atomic E-state index is 12.3. The third-order valence-corrected chi connectivity index (χ3v) is 4.00. The van der Waals surface area contributed by atoms with Crippen LogP contribution in [0.1, 0.15) is 22.4 Å². The van der Waals surface area contributed by atoms with Crippen molar-refractivity contribution in [1.82, 2.24) is 24.8 Å². The van der Waals surface area contributed by atoms with Crippen LogP contribution in [-0.2, 0) is 11.8 Å². The van der Waals surface area contributed by atoms with E-state index in [1.54, 1.807) is 30.2 Å². The summed E-state index contributed by atoms with van der Waals surface area (Å²) in [5, 5.41) is 2.98. The van der Waals surface area contributed by atoms with Crippen molar-refractivity contribution in [2.24, 2.45) is 7.05 Å². The van der Waals surface area contributed by atoms with E-state index in [-0.39, 0.29) is 11.9 Å². The average Bonchev–Trinajstić information content (AvgIpc) is 3.03. The highest BCUT2D eigenvalue weighted by atomic mass is 16.5. The van der Waals surface area contributed by atoms with Crippen LogP contribution in [0, 0.1) is 0 Å². The van der Waals surface area contributed by atoms with E-state index in [4.69, 9.17) is 4.74 Å². The summed E-state index contributed by atoms with van der Waals surface area (Å²) in [6.45, 7) is 3.56. The Labute approximate surface area is 135 Å². The minimum atomic E-state index is -0.174. The zero-order valence-corrected chi connectivity index (χ0v) is 13.2. The summed E-state index contributed by atoms with van der Waals surface area (Å²) < 4.78 is 7.13. The quantitative estimate of drug-likeness (QED) is 0.876. The molecule has 122 valence electrons. The van der Waals surface area contributed by atoms with Crippen molar-refractivity contribution in [3.8, 4) is 0 Å². The van der Waals surface area contributed by atoms with Gasteiger partial charge in [-0.2, -0.15) is 0 Å². The van der Waals surface area contributed by atoms with Gasteiger partial charge in [0.15, 0.2) is 5.82 Å². The number of nitrogens with zero attached hydrogens (tertiary/aromatic N) is 4. The van der Waals surface area contributed by atoms with Crippen LogP contribution in [0.2, 0.25) is 0 Å². The van der Waals surface area contributed by atoms with Crippen molar-refractivity contribution in [1.29, 1.82) is 0 Å². The van der Waals surface area contributed by atoms with Crippen molar-refractivity contribution in [3.63, 3.8) is 0 Å². The Morgan fingerprint density at radius 2 is 2.13 bits per heavy atom. The van der Waals surface area contributed by atoms with E-state index in [0.29, 0.717) is 25.6 Å². The smallest absolute Gasteiger partial charge is 0.287 e. The van der Waals surface area contributed by atoms with Crippen LogP contribution in [-0.4, -0.2) is 58.2 Å². The predicted octanol–water partition coefficient (Wildman–Crippen LogP) is 0.618. The molecule has 7 nitrogen and oxygen atoms in total. The van der Waals surface area contributed by atoms with Gasteiger partial charge in [0.2, 0.25) is 0 Å². The maximum absolute atomic E-state index is 12.3. The van der Waals surface area contributed by atoms with Crippen LogP contribution in [0.25, 0.3) is 0 Å². The van der Waals surface area contributed by atoms with Gasteiger partial charge in [-0.1, -0.05) is 6.07 Å². The standard InChI is InChI=1S/C16H21N5O2/c1-20-7-6-18-15(20)16(22)19-12-14(13-4-2-3-5-17-13)21-8-10-23-11-9-21/h2-7,14H,8-12H2,1H3,(H,19,22)/t14-/m0/s1. The second-order valence-electron chi connectivity index (χ2n) is 5.49. The van der Waals surface area contributed by atoms with Crippen LogP contribution >= 0.6 is 0 Å². The highest BCUT2D eigenvalue weighted by molar-refractivity contribution is 5.90. The molecular weight excluding hydrogens is 294 g/mol. The van der Waals surface area contributed by atoms with Gasteiger partial charge < -0.3 is 14.6 Å². The fraction of sp³-hybridized carbons (Fsp3) is 0.438. The zero-order chi connectivity index (χ0) is 16.1. The zero-order valence-electron chi connectivity index (χ0n) is 13.2. The lowest BCUT2D eigenvalue weighted by atomic mass is 10.1. The van der Waals surface area contributed by atoms with Gasteiger partial charge in [0, 0.05) is 45.3 Å². The lowest BCUT2D eigenvalue weighted by Crippen LogP contribution is -2.44. The molecule has 0 saturated carbocycles. The van der Waals surface area contributed by atoms with Gasteiger partial charge in [0.1, 0.15) is 0 Å². The van der Waals surface area contributed by atoms with Gasteiger partial charge in [-0.25, -0.2) is 4.98 Å². The molecule has 23 heavy (non-hydrogen) atoms. The summed E-state index contributed by atoms with van der Waals surface area (Å²) in [5.41, 5.74) is 0.953. The summed E-state index contributed by atoms with van der Waals surface area (Å²) in [7, 11) is 1.81. The number of carbonyl (C=O) groups is 1. The molecule has 0 aromatic carbocycles. The molecule has 0 unspecified atom stereocenters. The molecule has 0 bridgehead atoms. The molecule has 0 aliphatic carbocycles. The number of aromatic nitrogens is 3. The first-order valence-electron chi connectivity index (χ1n) is 7.74. The van der Waals surface area contributed by atoms with Crippen molar-refractivity contribution >= 4 is 5.91 Å². The number of hydrogen-bond acceptors (Lipinski definition) is 5. The maximum Gasteiger partial charge on any atom is 0.287 e. The number of rotatable bonds is 5. The van der Waals surface area contributed by atoms with E-state index in [2.05, 4.69) is 20.2 Å². The van der Waals surface area contributed by atoms with Crippen molar-refractivity contribution in [2.45, 2.75) is 6.04 Å². The molecule has 0 spiro atoms. The van der Waals surface area contributed by atoms with E-state index < -0.39 is 0 Å². The fourth-order valence-corrected chi connectivity index (χ4v) is 2.74. The number of aryl methyl sites for hydroxylation is 1. The Kier molecular flexibility index (Phi) is 4.99. The number of pyridine rings is 1. The van der Waals surface area contributed by atoms with Crippen molar-refractivity contribution in [3.05, 3.63) is 48.3 Å². The first kappa shape index (κ1) is 15.6. The molecule has 1 atom stereocenters. The number of ether oxygens (including phenoxy) is 1. The van der Waals surface area contributed by atoms with Crippen molar-refractivity contribution < 1.29 is 9.53 Å². The Bertz CT molecular complexity index is 637. The highest BCUT2D eigenvalue weighted by Gasteiger charge is 2.24. The summed E-state index contributed by atoms with van der Waals surface area (Å²) in [4.78, 5) is 23.1. The van der Waals surface area contributed by atoms with Gasteiger partial charge in [-0.15, -0.1) is 0 Å². The second kappa shape index (κ2) is 7.34. The highest BCUT2D eigenvalue weighted by Crippen LogP contribution is 2.19. The molecular formula is C16H21N5O2. The lowest BCUT2D eigenvalue weighted by molar-refractivity contribution is 0.0153. The molecule has 3 rings (SSSR count). The molecule has 2 aromatic rings. The van der Waals surface area contributed by atoms with E-state index in [0.717, 1.165) is 18.8 Å². The minimum absolute atomic E-state index is 0.0318. The van der Waals surface area contributed by atoms with E-state index in [9.17, 15) is 4.79 Å². The molecule has 1 amide bonds. The Balaban J connectivity index is 1.71. The molecule has 7 heteroatoms.